The number of hydrogen-bond acceptors (Lipinski definition) is 4. The van der Waals surface area contributed by atoms with Gasteiger partial charge in [-0.25, -0.2) is 10.4 Å². The van der Waals surface area contributed by atoms with Crippen molar-refractivity contribution in [1.82, 2.24) is 10.4 Å². The molecule has 1 heterocycles. The second-order valence-corrected chi connectivity index (χ2v) is 8.20. The third kappa shape index (κ3) is 4.74. The number of amides is 1. The molecule has 3 aromatic carbocycles. The zero-order valence-corrected chi connectivity index (χ0v) is 19.0. The highest BCUT2D eigenvalue weighted by atomic mass is 35.5. The average Bonchev–Trinajstić information content (AvgIpc) is 2.80. The molecule has 4 aromatic rings. The van der Waals surface area contributed by atoms with Gasteiger partial charge in [-0.3, -0.25) is 4.79 Å². The quantitative estimate of drug-likeness (QED) is 0.290. The Morgan fingerprint density at radius 3 is 2.44 bits per heavy atom. The Labute approximate surface area is 196 Å². The van der Waals surface area contributed by atoms with Gasteiger partial charge in [-0.15, -0.1) is 0 Å². The van der Waals surface area contributed by atoms with Crippen molar-refractivity contribution in [2.45, 2.75) is 0 Å². The number of halogens is 2. The topological polar surface area (TPSA) is 57.6 Å². The molecule has 160 valence electrons. The molecule has 0 radical (unpaired) electrons. The zero-order chi connectivity index (χ0) is 22.7. The number of fused-ring (bicyclic) bond motifs is 1. The zero-order valence-electron chi connectivity index (χ0n) is 17.5. The first-order valence-electron chi connectivity index (χ1n) is 9.88. The van der Waals surface area contributed by atoms with E-state index in [0.717, 1.165) is 22.2 Å². The highest BCUT2D eigenvalue weighted by Gasteiger charge is 2.14. The fourth-order valence-electron chi connectivity index (χ4n) is 3.25. The third-order valence-electron chi connectivity index (χ3n) is 4.97. The minimum atomic E-state index is -0.328. The Hall–Kier alpha value is -3.41. The van der Waals surface area contributed by atoms with Gasteiger partial charge in [-0.05, 0) is 42.0 Å². The number of anilines is 1. The summed E-state index contributed by atoms with van der Waals surface area (Å²) in [5.74, 6) is -0.328. The molecule has 5 nitrogen and oxygen atoms in total. The lowest BCUT2D eigenvalue weighted by molar-refractivity contribution is 0.0956. The third-order valence-corrected chi connectivity index (χ3v) is 5.70. The van der Waals surface area contributed by atoms with Gasteiger partial charge in [0.15, 0.2) is 0 Å². The molecule has 0 aliphatic carbocycles. The summed E-state index contributed by atoms with van der Waals surface area (Å²) >= 11 is 12.2. The van der Waals surface area contributed by atoms with Crippen molar-refractivity contribution >= 4 is 51.9 Å². The number of nitrogens with one attached hydrogen (secondary N) is 1. The van der Waals surface area contributed by atoms with Crippen LogP contribution in [0, 0.1) is 0 Å². The summed E-state index contributed by atoms with van der Waals surface area (Å²) in [6.07, 6.45) is 1.61. The first kappa shape index (κ1) is 21.8. The second kappa shape index (κ2) is 9.39. The standard InChI is InChI=1S/C25H20Cl2N4O/c1-31(2)18-10-7-16(8-11-18)15-28-30-25(32)20-14-24(17-9-12-21(26)22(27)13-17)29-23-6-4-3-5-19(20)23/h3-15H,1-2H3,(H,30,32). The molecule has 4 rings (SSSR count). The Balaban J connectivity index is 1.63. The molecule has 0 unspecified atom stereocenters. The summed E-state index contributed by atoms with van der Waals surface area (Å²) < 4.78 is 0. The van der Waals surface area contributed by atoms with Gasteiger partial charge in [0.25, 0.3) is 5.91 Å². The van der Waals surface area contributed by atoms with Crippen LogP contribution in [0.1, 0.15) is 15.9 Å². The second-order valence-electron chi connectivity index (χ2n) is 7.39. The van der Waals surface area contributed by atoms with Crippen molar-refractivity contribution in [3.8, 4) is 11.3 Å². The van der Waals surface area contributed by atoms with Crippen LogP contribution in [0.2, 0.25) is 10.0 Å². The van der Waals surface area contributed by atoms with Crippen LogP contribution < -0.4 is 10.3 Å². The van der Waals surface area contributed by atoms with Crippen LogP contribution >= 0.6 is 23.2 Å². The summed E-state index contributed by atoms with van der Waals surface area (Å²) in [6.45, 7) is 0. The number of hydrazone groups is 1. The number of nitrogens with zero attached hydrogens (tertiary/aromatic N) is 3. The molecule has 0 atom stereocenters. The minimum absolute atomic E-state index is 0.328. The number of benzene rings is 3. The normalized spacial score (nSPS) is 11.1. The molecule has 0 spiro atoms. The van der Waals surface area contributed by atoms with Crippen molar-refractivity contribution in [1.29, 1.82) is 0 Å². The summed E-state index contributed by atoms with van der Waals surface area (Å²) in [6, 6.07) is 22.3. The molecule has 32 heavy (non-hydrogen) atoms. The number of hydrogen-bond donors (Lipinski definition) is 1. The lowest BCUT2D eigenvalue weighted by Crippen LogP contribution is -2.18. The molecule has 1 N–H and O–H groups in total. The summed E-state index contributed by atoms with van der Waals surface area (Å²) in [5.41, 5.74) is 7.15. The lowest BCUT2D eigenvalue weighted by atomic mass is 10.0. The molecule has 0 saturated heterocycles. The SMILES string of the molecule is CN(C)c1ccc(C=NNC(=O)c2cc(-c3ccc(Cl)c(Cl)c3)nc3ccccc23)cc1. The van der Waals surface area contributed by atoms with Crippen LogP contribution in [0.4, 0.5) is 5.69 Å². The van der Waals surface area contributed by atoms with Gasteiger partial charge < -0.3 is 4.90 Å². The smallest absolute Gasteiger partial charge is 0.272 e. The number of rotatable bonds is 5. The van der Waals surface area contributed by atoms with Crippen molar-refractivity contribution in [2.24, 2.45) is 5.10 Å². The van der Waals surface area contributed by atoms with Crippen LogP contribution in [0.25, 0.3) is 22.2 Å². The average molecular weight is 463 g/mol. The van der Waals surface area contributed by atoms with Crippen molar-refractivity contribution in [3.05, 3.63) is 94.0 Å². The highest BCUT2D eigenvalue weighted by molar-refractivity contribution is 6.42. The maximum atomic E-state index is 13.0. The molecule has 0 fully saturated rings. The highest BCUT2D eigenvalue weighted by Crippen LogP contribution is 2.30. The fourth-order valence-corrected chi connectivity index (χ4v) is 3.55. The number of aromatic nitrogens is 1. The minimum Gasteiger partial charge on any atom is -0.378 e. The van der Waals surface area contributed by atoms with E-state index in [4.69, 9.17) is 23.2 Å². The van der Waals surface area contributed by atoms with Gasteiger partial charge in [0.1, 0.15) is 0 Å². The molecule has 1 aromatic heterocycles. The van der Waals surface area contributed by atoms with E-state index in [-0.39, 0.29) is 5.91 Å². The molecule has 0 saturated carbocycles. The molecular weight excluding hydrogens is 443 g/mol. The van der Waals surface area contributed by atoms with Gasteiger partial charge in [-0.2, -0.15) is 5.10 Å². The Kier molecular flexibility index (Phi) is 6.40. The van der Waals surface area contributed by atoms with E-state index in [1.165, 1.54) is 0 Å². The first-order valence-corrected chi connectivity index (χ1v) is 10.6. The van der Waals surface area contributed by atoms with Gasteiger partial charge in [0, 0.05) is 30.7 Å². The van der Waals surface area contributed by atoms with Crippen molar-refractivity contribution in [3.63, 3.8) is 0 Å². The largest absolute Gasteiger partial charge is 0.378 e. The molecule has 0 aliphatic heterocycles. The van der Waals surface area contributed by atoms with E-state index in [1.807, 2.05) is 73.6 Å². The first-order chi connectivity index (χ1) is 15.4. The molecular formula is C25H20Cl2N4O. The Morgan fingerprint density at radius 1 is 0.969 bits per heavy atom. The molecule has 0 bridgehead atoms. The number of pyridine rings is 1. The summed E-state index contributed by atoms with van der Waals surface area (Å²) in [7, 11) is 3.96. The summed E-state index contributed by atoms with van der Waals surface area (Å²) in [5, 5.41) is 5.75. The van der Waals surface area contributed by atoms with E-state index < -0.39 is 0 Å². The van der Waals surface area contributed by atoms with E-state index in [9.17, 15) is 4.79 Å². The maximum absolute atomic E-state index is 13.0. The van der Waals surface area contributed by atoms with E-state index in [1.54, 1.807) is 24.4 Å². The van der Waals surface area contributed by atoms with Gasteiger partial charge in [0.05, 0.1) is 33.0 Å². The predicted molar refractivity (Wildman–Crippen MR) is 133 cm³/mol. The van der Waals surface area contributed by atoms with E-state index in [2.05, 4.69) is 15.5 Å². The predicted octanol–water partition coefficient (Wildman–Crippen LogP) is 6.04. The molecule has 7 heteroatoms. The molecule has 0 aliphatic rings. The van der Waals surface area contributed by atoms with E-state index >= 15 is 0 Å². The van der Waals surface area contributed by atoms with Crippen LogP contribution in [0.15, 0.2) is 77.9 Å². The fraction of sp³-hybridized carbons (Fsp3) is 0.0800. The number of carbonyl (C=O) groups is 1. The van der Waals surface area contributed by atoms with Gasteiger partial charge in [0.2, 0.25) is 0 Å². The monoisotopic (exact) mass is 462 g/mol. The van der Waals surface area contributed by atoms with Crippen molar-refractivity contribution < 1.29 is 4.79 Å². The van der Waals surface area contributed by atoms with Gasteiger partial charge >= 0.3 is 0 Å². The summed E-state index contributed by atoms with van der Waals surface area (Å²) in [4.78, 5) is 19.7. The molecule has 1 amide bonds. The van der Waals surface area contributed by atoms with Crippen molar-refractivity contribution in [2.75, 3.05) is 19.0 Å². The lowest BCUT2D eigenvalue weighted by Gasteiger charge is -2.11. The van der Waals surface area contributed by atoms with Crippen LogP contribution in [0.3, 0.4) is 0 Å². The number of para-hydroxylation sites is 1. The Morgan fingerprint density at radius 2 is 1.72 bits per heavy atom. The van der Waals surface area contributed by atoms with E-state index in [0.29, 0.717) is 26.8 Å². The van der Waals surface area contributed by atoms with Crippen LogP contribution in [0.5, 0.6) is 0 Å². The Bertz CT molecular complexity index is 1320. The van der Waals surface area contributed by atoms with Gasteiger partial charge in [-0.1, -0.05) is 59.6 Å². The number of carbonyl (C=O) groups excluding carboxylic acids is 1. The van der Waals surface area contributed by atoms with Crippen LogP contribution in [-0.4, -0.2) is 31.2 Å². The van der Waals surface area contributed by atoms with Crippen LogP contribution in [-0.2, 0) is 0 Å². The maximum Gasteiger partial charge on any atom is 0.272 e.